The molecule has 1 amide bonds. The van der Waals surface area contributed by atoms with E-state index in [9.17, 15) is 18.0 Å². The highest BCUT2D eigenvalue weighted by Gasteiger charge is 2.30. The summed E-state index contributed by atoms with van der Waals surface area (Å²) >= 11 is 0. The Bertz CT molecular complexity index is 1190. The molecule has 7 nitrogen and oxygen atoms in total. The molecule has 0 aliphatic rings. The van der Waals surface area contributed by atoms with Crippen LogP contribution in [0.2, 0.25) is 0 Å². The van der Waals surface area contributed by atoms with Gasteiger partial charge in [-0.15, -0.1) is 10.2 Å². The number of benzene rings is 2. The van der Waals surface area contributed by atoms with Gasteiger partial charge in [0.25, 0.3) is 5.91 Å². The van der Waals surface area contributed by atoms with E-state index in [1.54, 1.807) is 24.3 Å². The number of primary amides is 1. The van der Waals surface area contributed by atoms with E-state index in [1.165, 1.54) is 12.1 Å². The monoisotopic (exact) mass is 384 g/mol. The van der Waals surface area contributed by atoms with Gasteiger partial charge in [-0.1, -0.05) is 18.2 Å². The number of halogens is 3. The second kappa shape index (κ2) is 6.41. The van der Waals surface area contributed by atoms with E-state index in [4.69, 9.17) is 5.73 Å². The molecule has 2 heterocycles. The molecule has 28 heavy (non-hydrogen) atoms. The number of aromatic amines is 1. The van der Waals surface area contributed by atoms with Crippen LogP contribution in [-0.2, 0) is 6.18 Å². The first-order valence-electron chi connectivity index (χ1n) is 7.99. The number of hydrogen-bond donors (Lipinski definition) is 2. The summed E-state index contributed by atoms with van der Waals surface area (Å²) in [5.74, 6) is -0.523. The predicted molar refractivity (Wildman–Crippen MR) is 93.9 cm³/mol. The van der Waals surface area contributed by atoms with Gasteiger partial charge in [-0.05, 0) is 46.7 Å². The van der Waals surface area contributed by atoms with Crippen LogP contribution in [0.4, 0.5) is 13.2 Å². The number of pyridine rings is 1. The molecule has 0 saturated heterocycles. The lowest BCUT2D eigenvalue weighted by molar-refractivity contribution is -0.137. The Balaban J connectivity index is 1.93. The highest BCUT2D eigenvalue weighted by Crippen LogP contribution is 2.34. The smallest absolute Gasteiger partial charge is 0.364 e. The third-order valence-electron chi connectivity index (χ3n) is 4.17. The van der Waals surface area contributed by atoms with E-state index in [0.717, 1.165) is 12.1 Å². The number of carbonyl (C=O) groups excluding carboxylic acids is 1. The summed E-state index contributed by atoms with van der Waals surface area (Å²) in [4.78, 5) is 15.8. The molecule has 10 heteroatoms. The van der Waals surface area contributed by atoms with Crippen LogP contribution in [-0.4, -0.2) is 31.5 Å². The Morgan fingerprint density at radius 1 is 1.04 bits per heavy atom. The molecule has 2 aromatic carbocycles. The minimum absolute atomic E-state index is 0.0131. The lowest BCUT2D eigenvalue weighted by atomic mass is 9.98. The molecule has 3 N–H and O–H groups in total. The number of nitrogens with zero attached hydrogens (tertiary/aromatic N) is 4. The molecule has 0 unspecified atom stereocenters. The van der Waals surface area contributed by atoms with Crippen LogP contribution in [0.25, 0.3) is 33.4 Å². The van der Waals surface area contributed by atoms with Crippen molar-refractivity contribution in [3.63, 3.8) is 0 Å². The van der Waals surface area contributed by atoms with E-state index >= 15 is 0 Å². The first-order chi connectivity index (χ1) is 13.3. The topological polar surface area (TPSA) is 110 Å². The number of nitrogens with one attached hydrogen (secondary N) is 1. The molecule has 140 valence electrons. The zero-order chi connectivity index (χ0) is 19.9. The molecule has 0 fully saturated rings. The summed E-state index contributed by atoms with van der Waals surface area (Å²) in [5, 5.41) is 14.2. The van der Waals surface area contributed by atoms with Crippen molar-refractivity contribution >= 4 is 16.8 Å². The van der Waals surface area contributed by atoms with Crippen molar-refractivity contribution in [2.24, 2.45) is 5.73 Å². The van der Waals surface area contributed by atoms with E-state index in [2.05, 4.69) is 25.6 Å². The van der Waals surface area contributed by atoms with Gasteiger partial charge in [0.1, 0.15) is 5.69 Å². The molecule has 0 bridgehead atoms. The number of carbonyl (C=O) groups is 1. The van der Waals surface area contributed by atoms with Crippen LogP contribution >= 0.6 is 0 Å². The van der Waals surface area contributed by atoms with Crippen molar-refractivity contribution in [2.45, 2.75) is 6.18 Å². The van der Waals surface area contributed by atoms with Crippen molar-refractivity contribution in [1.82, 2.24) is 25.6 Å². The van der Waals surface area contributed by atoms with Crippen LogP contribution in [0.15, 0.2) is 48.5 Å². The summed E-state index contributed by atoms with van der Waals surface area (Å²) < 4.78 is 39.1. The molecule has 0 aliphatic heterocycles. The SMILES string of the molecule is NC(=O)c1cc(-c2nn[nH]n2)c2cc(-c3cccc(C(F)(F)F)c3)ccc2n1. The van der Waals surface area contributed by atoms with Gasteiger partial charge < -0.3 is 5.73 Å². The van der Waals surface area contributed by atoms with Gasteiger partial charge in [-0.2, -0.15) is 18.4 Å². The molecular formula is C18H11F3N6O. The van der Waals surface area contributed by atoms with Gasteiger partial charge >= 0.3 is 6.18 Å². The summed E-state index contributed by atoms with van der Waals surface area (Å²) in [5.41, 5.74) is 6.38. The number of aromatic nitrogens is 5. The summed E-state index contributed by atoms with van der Waals surface area (Å²) in [6.07, 6.45) is -4.44. The highest BCUT2D eigenvalue weighted by atomic mass is 19.4. The largest absolute Gasteiger partial charge is 0.416 e. The number of tetrazole rings is 1. The van der Waals surface area contributed by atoms with Crippen molar-refractivity contribution in [3.8, 4) is 22.5 Å². The first kappa shape index (κ1) is 17.6. The van der Waals surface area contributed by atoms with Crippen LogP contribution < -0.4 is 5.73 Å². The summed E-state index contributed by atoms with van der Waals surface area (Å²) in [6.45, 7) is 0. The third-order valence-corrected chi connectivity index (χ3v) is 4.17. The average molecular weight is 384 g/mol. The molecule has 4 rings (SSSR count). The number of nitrogens with two attached hydrogens (primary N) is 1. The van der Waals surface area contributed by atoms with Crippen LogP contribution in [0, 0.1) is 0 Å². The predicted octanol–water partition coefficient (Wildman–Crippen LogP) is 3.20. The van der Waals surface area contributed by atoms with E-state index < -0.39 is 17.6 Å². The van der Waals surface area contributed by atoms with Gasteiger partial charge in [0.05, 0.1) is 11.1 Å². The highest BCUT2D eigenvalue weighted by molar-refractivity contribution is 6.01. The first-order valence-corrected chi connectivity index (χ1v) is 7.99. The Labute approximate surface area is 155 Å². The average Bonchev–Trinajstić information content (AvgIpc) is 3.20. The van der Waals surface area contributed by atoms with Gasteiger partial charge in [0, 0.05) is 10.9 Å². The van der Waals surface area contributed by atoms with Crippen molar-refractivity contribution < 1.29 is 18.0 Å². The van der Waals surface area contributed by atoms with E-state index in [1.807, 2.05) is 0 Å². The fraction of sp³-hybridized carbons (Fsp3) is 0.0556. The van der Waals surface area contributed by atoms with Gasteiger partial charge in [-0.25, -0.2) is 4.98 Å². The normalized spacial score (nSPS) is 11.7. The maximum absolute atomic E-state index is 13.0. The fourth-order valence-electron chi connectivity index (χ4n) is 2.87. The number of fused-ring (bicyclic) bond motifs is 1. The molecule has 0 atom stereocenters. The maximum Gasteiger partial charge on any atom is 0.416 e. The number of amides is 1. The number of alkyl halides is 3. The quantitative estimate of drug-likeness (QED) is 0.564. The van der Waals surface area contributed by atoms with Crippen molar-refractivity contribution in [3.05, 3.63) is 59.8 Å². The minimum atomic E-state index is -4.44. The number of rotatable bonds is 3. The summed E-state index contributed by atoms with van der Waals surface area (Å²) in [7, 11) is 0. The molecule has 0 saturated carbocycles. The zero-order valence-corrected chi connectivity index (χ0v) is 14.0. The zero-order valence-electron chi connectivity index (χ0n) is 14.0. The molecule has 2 aromatic heterocycles. The number of hydrogen-bond acceptors (Lipinski definition) is 5. The minimum Gasteiger partial charge on any atom is -0.364 e. The molecule has 0 radical (unpaired) electrons. The van der Waals surface area contributed by atoms with Crippen molar-refractivity contribution in [1.29, 1.82) is 0 Å². The van der Waals surface area contributed by atoms with Crippen LogP contribution in [0.1, 0.15) is 16.1 Å². The summed E-state index contributed by atoms with van der Waals surface area (Å²) in [6, 6.07) is 11.3. The van der Waals surface area contributed by atoms with Gasteiger partial charge in [0.2, 0.25) is 5.82 Å². The van der Waals surface area contributed by atoms with Crippen molar-refractivity contribution in [2.75, 3.05) is 0 Å². The Kier molecular flexibility index (Phi) is 4.03. The lowest BCUT2D eigenvalue weighted by Gasteiger charge is -2.11. The Hall–Kier alpha value is -3.82. The van der Waals surface area contributed by atoms with E-state index in [-0.39, 0.29) is 11.5 Å². The van der Waals surface area contributed by atoms with Crippen LogP contribution in [0.3, 0.4) is 0 Å². The Morgan fingerprint density at radius 2 is 1.82 bits per heavy atom. The second-order valence-electron chi connectivity index (χ2n) is 5.97. The molecular weight excluding hydrogens is 373 g/mol. The molecule has 0 aliphatic carbocycles. The lowest BCUT2D eigenvalue weighted by Crippen LogP contribution is -2.13. The number of H-pyrrole nitrogens is 1. The standard InChI is InChI=1S/C18H11F3N6O/c19-18(20,21)11-3-1-2-9(6-11)10-4-5-14-12(7-10)13(17-24-26-27-25-17)8-15(23-14)16(22)28/h1-8H,(H2,22,28)(H,24,25,26,27). The van der Waals surface area contributed by atoms with Gasteiger partial charge in [0.15, 0.2) is 0 Å². The second-order valence-corrected chi connectivity index (χ2v) is 5.97. The molecule has 4 aromatic rings. The third kappa shape index (κ3) is 3.15. The Morgan fingerprint density at radius 3 is 2.50 bits per heavy atom. The van der Waals surface area contributed by atoms with Crippen LogP contribution in [0.5, 0.6) is 0 Å². The molecule has 0 spiro atoms. The fourth-order valence-corrected chi connectivity index (χ4v) is 2.87. The maximum atomic E-state index is 13.0. The van der Waals surface area contributed by atoms with Gasteiger partial charge in [-0.3, -0.25) is 4.79 Å². The van der Waals surface area contributed by atoms with E-state index in [0.29, 0.717) is 27.6 Å².